The maximum absolute atomic E-state index is 10.5. The SMILES string of the molecule is C1=CC[N-]C=C1.C1CC[N-]CC1.O.O.O=C(O)C1CCC([N+](=O)[O-])CC1.O=C(O)C1CCC([N+](=O)[O-])CC1.O=C(O)c1ccc([N+](=O)[O-])cc1.O=C(O)c1ccc([N+](=O)[O-])cc1.[Cu+].[Cu+].[OH3+].[OH3+]. The van der Waals surface area contributed by atoms with Crippen LogP contribution in [0.2, 0.25) is 0 Å². The predicted octanol–water partition coefficient (Wildman–Crippen LogP) is 3.89. The van der Waals surface area contributed by atoms with Crippen LogP contribution < -0.4 is 0 Å². The molecule has 3 fully saturated rings. The van der Waals surface area contributed by atoms with Gasteiger partial charge < -0.3 is 53.0 Å². The molecular formula is C38H58Cu2N6O20+2. The van der Waals surface area contributed by atoms with Crippen LogP contribution in [0.4, 0.5) is 11.4 Å². The van der Waals surface area contributed by atoms with Crippen LogP contribution in [0, 0.1) is 52.3 Å². The van der Waals surface area contributed by atoms with Gasteiger partial charge in [0.05, 0.1) is 32.8 Å². The Morgan fingerprint density at radius 2 is 0.864 bits per heavy atom. The van der Waals surface area contributed by atoms with Crippen molar-refractivity contribution in [2.75, 3.05) is 19.6 Å². The van der Waals surface area contributed by atoms with Crippen LogP contribution >= 0.6 is 0 Å². The second-order valence-corrected chi connectivity index (χ2v) is 13.3. The number of hydrogen-bond acceptors (Lipinski definition) is 12. The molecule has 0 unspecified atom stereocenters. The summed E-state index contributed by atoms with van der Waals surface area (Å²) in [7, 11) is 0. The fourth-order valence-electron chi connectivity index (χ4n) is 5.63. The summed E-state index contributed by atoms with van der Waals surface area (Å²) in [6, 6.07) is 8.38. The molecule has 0 radical (unpaired) electrons. The summed E-state index contributed by atoms with van der Waals surface area (Å²) in [5.74, 6) is -4.55. The van der Waals surface area contributed by atoms with Gasteiger partial charge >= 0.3 is 58.0 Å². The van der Waals surface area contributed by atoms with Gasteiger partial charge in [0.2, 0.25) is 12.1 Å². The van der Waals surface area contributed by atoms with E-state index in [0.29, 0.717) is 51.4 Å². The summed E-state index contributed by atoms with van der Waals surface area (Å²) in [4.78, 5) is 80.6. The Hall–Kier alpha value is -5.96. The molecule has 66 heavy (non-hydrogen) atoms. The number of nitrogens with zero attached hydrogens (tertiary/aromatic N) is 6. The Balaban J connectivity index is -0.000000163. The number of allylic oxidation sites excluding steroid dienone is 2. The zero-order chi connectivity index (χ0) is 45.0. The average molecular weight is 1050 g/mol. The first-order valence-corrected chi connectivity index (χ1v) is 18.7. The molecular weight excluding hydrogens is 988 g/mol. The first-order valence-electron chi connectivity index (χ1n) is 18.7. The molecule has 2 aromatic rings. The number of aromatic carboxylic acids is 2. The van der Waals surface area contributed by atoms with Crippen molar-refractivity contribution in [3.63, 3.8) is 0 Å². The van der Waals surface area contributed by atoms with Crippen LogP contribution in [-0.4, -0.2) is 107 Å². The Kier molecular flexibility index (Phi) is 44.0. The van der Waals surface area contributed by atoms with Gasteiger partial charge in [0.15, 0.2) is 0 Å². The summed E-state index contributed by atoms with van der Waals surface area (Å²) in [5.41, 5.74) is -0.138. The number of piperidine rings is 1. The standard InChI is InChI=1S/2C7H11NO4.2C7H5NO4.C5H10N.C5H6N.2Cu.4H2O/c4*9-7(10)5-1-3-6(4-2-5)8(11)12;2*1-2-4-6-5-3-1;;;;;;/h2*5-6H,1-4H2,(H,9,10);2*1-4H,(H,9,10);1-5H2;1-4H,5H2;;;4*1H2/q;;;;2*-1;2*+1;;;;/p+2. The van der Waals surface area contributed by atoms with Gasteiger partial charge in [-0.2, -0.15) is 6.20 Å². The van der Waals surface area contributed by atoms with Gasteiger partial charge in [0, 0.05) is 59.8 Å². The first kappa shape index (κ1) is 71.7. The van der Waals surface area contributed by atoms with E-state index in [1.165, 1.54) is 43.5 Å². The number of benzene rings is 2. The van der Waals surface area contributed by atoms with E-state index in [-0.39, 0.29) is 100 Å². The normalized spacial score (nSPS) is 17.9. The molecule has 0 atom stereocenters. The second kappa shape index (κ2) is 40.5. The van der Waals surface area contributed by atoms with Gasteiger partial charge in [0.1, 0.15) is 0 Å². The van der Waals surface area contributed by atoms with Crippen molar-refractivity contribution in [3.05, 3.63) is 135 Å². The molecule has 380 valence electrons. The minimum Gasteiger partial charge on any atom is -0.687 e. The van der Waals surface area contributed by atoms with Crippen LogP contribution in [0.15, 0.2) is 73.0 Å². The fourth-order valence-corrected chi connectivity index (χ4v) is 5.63. The summed E-state index contributed by atoms with van der Waals surface area (Å²) in [6.07, 6.45) is 15.2. The van der Waals surface area contributed by atoms with E-state index in [9.17, 15) is 59.6 Å². The largest absolute Gasteiger partial charge is 1.00 e. The van der Waals surface area contributed by atoms with Crippen molar-refractivity contribution in [1.82, 2.24) is 0 Å². The Bertz CT molecular complexity index is 1540. The van der Waals surface area contributed by atoms with Crippen molar-refractivity contribution in [3.8, 4) is 0 Å². The van der Waals surface area contributed by atoms with Gasteiger partial charge in [-0.1, -0.05) is 31.4 Å². The molecule has 28 heteroatoms. The van der Waals surface area contributed by atoms with Crippen molar-refractivity contribution in [1.29, 1.82) is 0 Å². The van der Waals surface area contributed by atoms with Crippen LogP contribution in [0.25, 0.3) is 10.6 Å². The van der Waals surface area contributed by atoms with Gasteiger partial charge in [-0.05, 0) is 49.9 Å². The minimum atomic E-state index is -1.09. The molecule has 14 N–H and O–H groups in total. The second-order valence-electron chi connectivity index (χ2n) is 13.3. The molecule has 0 spiro atoms. The summed E-state index contributed by atoms with van der Waals surface area (Å²) >= 11 is 0. The minimum absolute atomic E-state index is 0. The third-order valence-corrected chi connectivity index (χ3v) is 9.12. The van der Waals surface area contributed by atoms with Crippen LogP contribution in [0.1, 0.15) is 91.3 Å². The predicted molar refractivity (Wildman–Crippen MR) is 231 cm³/mol. The number of aliphatic carboxylic acids is 2. The molecule has 2 aromatic carbocycles. The third kappa shape index (κ3) is 31.0. The van der Waals surface area contributed by atoms with E-state index < -0.39 is 45.8 Å². The number of carbonyl (C=O) groups is 4. The van der Waals surface area contributed by atoms with Crippen molar-refractivity contribution >= 4 is 35.3 Å². The van der Waals surface area contributed by atoms with Gasteiger partial charge in [-0.3, -0.25) is 50.0 Å². The smallest absolute Gasteiger partial charge is 0.687 e. The van der Waals surface area contributed by atoms with Gasteiger partial charge in [-0.25, -0.2) is 9.59 Å². The number of hydrogen-bond donors (Lipinski definition) is 4. The van der Waals surface area contributed by atoms with E-state index >= 15 is 0 Å². The number of nitro benzene ring substituents is 2. The molecule has 0 amide bonds. The van der Waals surface area contributed by atoms with E-state index in [2.05, 4.69) is 10.6 Å². The number of non-ortho nitro benzene ring substituents is 2. The number of carboxylic acid groups (broad SMARTS) is 4. The van der Waals surface area contributed by atoms with Gasteiger partial charge in [0.25, 0.3) is 11.4 Å². The van der Waals surface area contributed by atoms with Crippen molar-refractivity contribution in [2.24, 2.45) is 11.8 Å². The maximum Gasteiger partial charge on any atom is 1.00 e. The van der Waals surface area contributed by atoms with Crippen LogP contribution in [-0.2, 0) is 54.7 Å². The monoisotopic (exact) mass is 1040 g/mol. The molecule has 2 aliphatic heterocycles. The Labute approximate surface area is 398 Å². The van der Waals surface area contributed by atoms with Crippen LogP contribution in [0.5, 0.6) is 0 Å². The molecule has 2 aliphatic carbocycles. The molecule has 4 aliphatic rings. The van der Waals surface area contributed by atoms with E-state index in [1.54, 1.807) is 6.20 Å². The van der Waals surface area contributed by atoms with Gasteiger partial charge in [-0.15, -0.1) is 25.7 Å². The zero-order valence-corrected chi connectivity index (χ0v) is 37.1. The van der Waals surface area contributed by atoms with Crippen LogP contribution in [0.3, 0.4) is 0 Å². The van der Waals surface area contributed by atoms with E-state index in [4.69, 9.17) is 20.4 Å². The molecule has 6 rings (SSSR count). The number of carboxylic acids is 4. The Morgan fingerprint density at radius 3 is 1.02 bits per heavy atom. The summed E-state index contributed by atoms with van der Waals surface area (Å²) in [6.45, 7) is 3.11. The third-order valence-electron chi connectivity index (χ3n) is 9.12. The molecule has 0 aromatic heterocycles. The first-order chi connectivity index (χ1) is 28.4. The topological polar surface area (TPSA) is 479 Å². The number of rotatable bonds is 8. The van der Waals surface area contributed by atoms with E-state index in [0.717, 1.165) is 43.9 Å². The summed E-state index contributed by atoms with van der Waals surface area (Å²) < 4.78 is 0. The van der Waals surface area contributed by atoms with E-state index in [1.807, 2.05) is 18.2 Å². The fraction of sp³-hybridized carbons (Fsp3) is 0.474. The van der Waals surface area contributed by atoms with Crippen molar-refractivity contribution < 1.29 is 115 Å². The van der Waals surface area contributed by atoms with Crippen molar-refractivity contribution in [2.45, 2.75) is 82.7 Å². The number of nitro groups is 4. The molecule has 2 saturated carbocycles. The molecule has 2 heterocycles. The Morgan fingerprint density at radius 1 is 0.530 bits per heavy atom. The summed E-state index contributed by atoms with van der Waals surface area (Å²) in [5, 5.41) is 83.0. The quantitative estimate of drug-likeness (QED) is 0.126. The zero-order valence-electron chi connectivity index (χ0n) is 35.3. The molecule has 1 saturated heterocycles. The molecule has 26 nitrogen and oxygen atoms in total. The molecule has 0 bridgehead atoms. The average Bonchev–Trinajstić information content (AvgIpc) is 3.26. The maximum atomic E-state index is 10.5.